The maximum absolute atomic E-state index is 11.9. The maximum Gasteiger partial charge on any atom is 0.313 e. The summed E-state index contributed by atoms with van der Waals surface area (Å²) < 4.78 is 5.05. The Morgan fingerprint density at radius 2 is 1.67 bits per heavy atom. The first-order valence-electron chi connectivity index (χ1n) is 7.27. The number of hydrogen-bond acceptors (Lipinski definition) is 3. The molecule has 1 atom stereocenters. The van der Waals surface area contributed by atoms with Crippen molar-refractivity contribution >= 4 is 11.9 Å². The lowest BCUT2D eigenvalue weighted by molar-refractivity contribution is -0.152. The quantitative estimate of drug-likeness (QED) is 0.757. The Kier molecular flexibility index (Phi) is 6.40. The van der Waals surface area contributed by atoms with E-state index in [4.69, 9.17) is 4.74 Å². The molecular weight excluding hydrogens is 266 g/mol. The molecule has 0 heterocycles. The lowest BCUT2D eigenvalue weighted by atomic mass is 9.97. The summed E-state index contributed by atoms with van der Waals surface area (Å²) in [5.74, 6) is -0.354. The van der Waals surface area contributed by atoms with Gasteiger partial charge in [-0.15, -0.1) is 0 Å². The zero-order valence-electron chi connectivity index (χ0n) is 13.6. The number of carbonyl (C=O) groups excluding carboxylic acids is 2. The zero-order chi connectivity index (χ0) is 16.0. The molecule has 4 nitrogen and oxygen atoms in total. The summed E-state index contributed by atoms with van der Waals surface area (Å²) in [6, 6.07) is 8.00. The van der Waals surface area contributed by atoms with Gasteiger partial charge in [0.25, 0.3) is 5.91 Å². The van der Waals surface area contributed by atoms with E-state index >= 15 is 0 Å². The second-order valence-corrected chi connectivity index (χ2v) is 5.96. The molecule has 0 aromatic heterocycles. The molecule has 0 aliphatic carbocycles. The summed E-state index contributed by atoms with van der Waals surface area (Å²) in [6.07, 6.45) is 1.02. The van der Waals surface area contributed by atoms with Crippen molar-refractivity contribution in [3.05, 3.63) is 35.4 Å². The van der Waals surface area contributed by atoms with Gasteiger partial charge < -0.3 is 9.64 Å². The molecule has 0 radical (unpaired) electrons. The van der Waals surface area contributed by atoms with Gasteiger partial charge >= 0.3 is 5.97 Å². The molecule has 0 bridgehead atoms. The highest BCUT2D eigenvalue weighted by atomic mass is 16.5. The molecule has 0 aliphatic heterocycles. The standard InChI is InChI=1S/C17H25NO3/c1-12(2)10-14-6-8-15(9-7-14)13(3)17(20)21-11-16(19)18(4)5/h6-9,12-13H,10-11H2,1-5H3/t13-/m0/s1. The molecule has 0 saturated carbocycles. The van der Waals surface area contributed by atoms with Crippen molar-refractivity contribution in [2.75, 3.05) is 20.7 Å². The van der Waals surface area contributed by atoms with Gasteiger partial charge in [-0.05, 0) is 30.4 Å². The van der Waals surface area contributed by atoms with Crippen LogP contribution < -0.4 is 0 Å². The van der Waals surface area contributed by atoms with Crippen LogP contribution in [0.3, 0.4) is 0 Å². The van der Waals surface area contributed by atoms with Crippen LogP contribution in [0.4, 0.5) is 0 Å². The van der Waals surface area contributed by atoms with Crippen LogP contribution in [-0.2, 0) is 20.7 Å². The van der Waals surface area contributed by atoms with Crippen LogP contribution in [0.1, 0.15) is 37.8 Å². The van der Waals surface area contributed by atoms with Crippen molar-refractivity contribution < 1.29 is 14.3 Å². The predicted octanol–water partition coefficient (Wildman–Crippen LogP) is 2.62. The maximum atomic E-state index is 11.9. The van der Waals surface area contributed by atoms with Crippen molar-refractivity contribution in [2.45, 2.75) is 33.1 Å². The first-order valence-corrected chi connectivity index (χ1v) is 7.27. The van der Waals surface area contributed by atoms with Crippen LogP contribution in [0.5, 0.6) is 0 Å². The van der Waals surface area contributed by atoms with Crippen LogP contribution in [0, 0.1) is 5.92 Å². The lowest BCUT2D eigenvalue weighted by Gasteiger charge is -2.14. The van der Waals surface area contributed by atoms with Crippen LogP contribution in [0.25, 0.3) is 0 Å². The van der Waals surface area contributed by atoms with Gasteiger partial charge in [0.2, 0.25) is 0 Å². The lowest BCUT2D eigenvalue weighted by Crippen LogP contribution is -2.28. The van der Waals surface area contributed by atoms with Gasteiger partial charge in [-0.2, -0.15) is 0 Å². The van der Waals surface area contributed by atoms with Gasteiger partial charge in [0.15, 0.2) is 6.61 Å². The van der Waals surface area contributed by atoms with E-state index in [2.05, 4.69) is 13.8 Å². The number of rotatable bonds is 6. The fraction of sp³-hybridized carbons (Fsp3) is 0.529. The van der Waals surface area contributed by atoms with Crippen LogP contribution in [0.15, 0.2) is 24.3 Å². The molecule has 0 spiro atoms. The summed E-state index contributed by atoms with van der Waals surface area (Å²) in [6.45, 7) is 5.94. The highest BCUT2D eigenvalue weighted by Crippen LogP contribution is 2.18. The molecule has 0 saturated heterocycles. The molecular formula is C17H25NO3. The van der Waals surface area contributed by atoms with Crippen molar-refractivity contribution in [3.63, 3.8) is 0 Å². The van der Waals surface area contributed by atoms with Crippen molar-refractivity contribution in [1.29, 1.82) is 0 Å². The van der Waals surface area contributed by atoms with E-state index in [1.165, 1.54) is 10.5 Å². The van der Waals surface area contributed by atoms with Gasteiger partial charge in [0.1, 0.15) is 0 Å². The van der Waals surface area contributed by atoms with Gasteiger partial charge in [0.05, 0.1) is 5.92 Å². The van der Waals surface area contributed by atoms with E-state index in [0.29, 0.717) is 5.92 Å². The third kappa shape index (κ3) is 5.58. The minimum Gasteiger partial charge on any atom is -0.455 e. The number of nitrogens with zero attached hydrogens (tertiary/aromatic N) is 1. The monoisotopic (exact) mass is 291 g/mol. The number of hydrogen-bond donors (Lipinski definition) is 0. The summed E-state index contributed by atoms with van der Waals surface area (Å²) in [5, 5.41) is 0. The Hall–Kier alpha value is -1.84. The molecule has 21 heavy (non-hydrogen) atoms. The number of likely N-dealkylation sites (N-methyl/N-ethyl adjacent to an activating group) is 1. The topological polar surface area (TPSA) is 46.6 Å². The molecule has 0 unspecified atom stereocenters. The predicted molar refractivity (Wildman–Crippen MR) is 83.1 cm³/mol. The van der Waals surface area contributed by atoms with E-state index in [1.807, 2.05) is 24.3 Å². The normalized spacial score (nSPS) is 12.1. The van der Waals surface area contributed by atoms with E-state index in [-0.39, 0.29) is 24.4 Å². The van der Waals surface area contributed by atoms with E-state index in [0.717, 1.165) is 12.0 Å². The molecule has 1 aromatic rings. The summed E-state index contributed by atoms with van der Waals surface area (Å²) in [4.78, 5) is 24.7. The Labute approximate surface area is 127 Å². The van der Waals surface area contributed by atoms with Crippen LogP contribution in [0.2, 0.25) is 0 Å². The third-order valence-electron chi connectivity index (χ3n) is 3.31. The Morgan fingerprint density at radius 1 is 1.10 bits per heavy atom. The van der Waals surface area contributed by atoms with E-state index in [9.17, 15) is 9.59 Å². The van der Waals surface area contributed by atoms with Crippen molar-refractivity contribution in [3.8, 4) is 0 Å². The summed E-state index contributed by atoms with van der Waals surface area (Å²) >= 11 is 0. The molecule has 0 aliphatic rings. The van der Waals surface area contributed by atoms with Gasteiger partial charge in [-0.3, -0.25) is 9.59 Å². The third-order valence-corrected chi connectivity index (χ3v) is 3.31. The highest BCUT2D eigenvalue weighted by molar-refractivity contribution is 5.82. The molecule has 1 aromatic carbocycles. The SMILES string of the molecule is CC(C)Cc1ccc([C@H](C)C(=O)OCC(=O)N(C)C)cc1. The van der Waals surface area contributed by atoms with Gasteiger partial charge in [-0.25, -0.2) is 0 Å². The number of ether oxygens (including phenoxy) is 1. The number of carbonyl (C=O) groups is 2. The molecule has 1 rings (SSSR count). The molecule has 0 N–H and O–H groups in total. The fourth-order valence-corrected chi connectivity index (χ4v) is 1.94. The Morgan fingerprint density at radius 3 is 2.14 bits per heavy atom. The highest BCUT2D eigenvalue weighted by Gasteiger charge is 2.18. The smallest absolute Gasteiger partial charge is 0.313 e. The van der Waals surface area contributed by atoms with Gasteiger partial charge in [-0.1, -0.05) is 38.1 Å². The first kappa shape index (κ1) is 17.2. The average molecular weight is 291 g/mol. The molecule has 4 heteroatoms. The first-order chi connectivity index (χ1) is 9.81. The Balaban J connectivity index is 2.59. The zero-order valence-corrected chi connectivity index (χ0v) is 13.6. The summed E-state index contributed by atoms with van der Waals surface area (Å²) in [5.41, 5.74) is 2.17. The van der Waals surface area contributed by atoms with Gasteiger partial charge in [0, 0.05) is 14.1 Å². The van der Waals surface area contributed by atoms with E-state index < -0.39 is 0 Å². The van der Waals surface area contributed by atoms with Crippen molar-refractivity contribution in [1.82, 2.24) is 4.90 Å². The van der Waals surface area contributed by atoms with Crippen LogP contribution >= 0.6 is 0 Å². The van der Waals surface area contributed by atoms with Crippen LogP contribution in [-0.4, -0.2) is 37.5 Å². The fourth-order valence-electron chi connectivity index (χ4n) is 1.94. The number of benzene rings is 1. The van der Waals surface area contributed by atoms with E-state index in [1.54, 1.807) is 21.0 Å². The van der Waals surface area contributed by atoms with Crippen molar-refractivity contribution in [2.24, 2.45) is 5.92 Å². The number of amides is 1. The average Bonchev–Trinajstić information content (AvgIpc) is 2.43. The minimum atomic E-state index is -0.373. The second kappa shape index (κ2) is 7.81. The largest absolute Gasteiger partial charge is 0.455 e. The molecule has 0 fully saturated rings. The molecule has 1 amide bonds. The Bertz CT molecular complexity index is 477. The number of esters is 1. The minimum absolute atomic E-state index is 0.207. The second-order valence-electron chi connectivity index (χ2n) is 5.96. The summed E-state index contributed by atoms with van der Waals surface area (Å²) in [7, 11) is 3.26. The molecule has 116 valence electrons.